The van der Waals surface area contributed by atoms with Crippen molar-refractivity contribution in [3.63, 3.8) is 0 Å². The Labute approximate surface area is 123 Å². The molecule has 2 rings (SSSR count). The first-order valence-corrected chi connectivity index (χ1v) is 6.94. The highest BCUT2D eigenvalue weighted by Gasteiger charge is 2.10. The SMILES string of the molecule is Cc1ccc2cccc(C(=O)NCCCCC(=O)O)c2n1. The lowest BCUT2D eigenvalue weighted by Crippen LogP contribution is -2.25. The Morgan fingerprint density at radius 2 is 2.00 bits per heavy atom. The van der Waals surface area contributed by atoms with E-state index in [-0.39, 0.29) is 12.3 Å². The number of aromatic nitrogens is 1. The van der Waals surface area contributed by atoms with Crippen LogP contribution in [0.5, 0.6) is 0 Å². The molecule has 0 radical (unpaired) electrons. The predicted molar refractivity (Wildman–Crippen MR) is 80.3 cm³/mol. The van der Waals surface area contributed by atoms with Gasteiger partial charge in [-0.05, 0) is 31.9 Å². The molecule has 5 heteroatoms. The second-order valence-electron chi connectivity index (χ2n) is 4.94. The zero-order valence-electron chi connectivity index (χ0n) is 11.9. The van der Waals surface area contributed by atoms with Crippen molar-refractivity contribution in [2.45, 2.75) is 26.2 Å². The van der Waals surface area contributed by atoms with Crippen LogP contribution in [0, 0.1) is 6.92 Å². The zero-order chi connectivity index (χ0) is 15.2. The molecule has 1 amide bonds. The van der Waals surface area contributed by atoms with Crippen molar-refractivity contribution in [2.75, 3.05) is 6.54 Å². The van der Waals surface area contributed by atoms with E-state index in [1.54, 1.807) is 6.07 Å². The number of para-hydroxylation sites is 1. The number of benzene rings is 1. The monoisotopic (exact) mass is 286 g/mol. The van der Waals surface area contributed by atoms with Crippen LogP contribution in [0.2, 0.25) is 0 Å². The van der Waals surface area contributed by atoms with Crippen LogP contribution < -0.4 is 5.32 Å². The van der Waals surface area contributed by atoms with Gasteiger partial charge in [-0.3, -0.25) is 14.6 Å². The number of nitrogens with one attached hydrogen (secondary N) is 1. The number of fused-ring (bicyclic) bond motifs is 1. The summed E-state index contributed by atoms with van der Waals surface area (Å²) in [7, 11) is 0. The summed E-state index contributed by atoms with van der Waals surface area (Å²) in [6, 6.07) is 9.36. The van der Waals surface area contributed by atoms with E-state index in [4.69, 9.17) is 5.11 Å². The molecule has 0 aliphatic heterocycles. The van der Waals surface area contributed by atoms with Crippen molar-refractivity contribution in [3.05, 3.63) is 41.6 Å². The first-order chi connectivity index (χ1) is 10.1. The minimum Gasteiger partial charge on any atom is -0.481 e. The standard InChI is InChI=1S/C16H18N2O3/c1-11-8-9-12-5-4-6-13(15(12)18-11)16(21)17-10-3-2-7-14(19)20/h4-6,8-9H,2-3,7,10H2,1H3,(H,17,21)(H,19,20). The van der Waals surface area contributed by atoms with Crippen molar-refractivity contribution in [1.29, 1.82) is 0 Å². The maximum atomic E-state index is 12.2. The Morgan fingerprint density at radius 3 is 2.76 bits per heavy atom. The number of pyridine rings is 1. The predicted octanol–water partition coefficient (Wildman–Crippen LogP) is 2.53. The summed E-state index contributed by atoms with van der Waals surface area (Å²) in [5.41, 5.74) is 2.11. The number of nitrogens with zero attached hydrogens (tertiary/aromatic N) is 1. The molecule has 0 aliphatic carbocycles. The number of aryl methyl sites for hydroxylation is 1. The van der Waals surface area contributed by atoms with Gasteiger partial charge in [-0.2, -0.15) is 0 Å². The summed E-state index contributed by atoms with van der Waals surface area (Å²) in [5, 5.41) is 12.3. The van der Waals surface area contributed by atoms with E-state index in [2.05, 4.69) is 10.3 Å². The van der Waals surface area contributed by atoms with Crippen LogP contribution in [0.1, 0.15) is 35.3 Å². The number of hydrogen-bond acceptors (Lipinski definition) is 3. The summed E-state index contributed by atoms with van der Waals surface area (Å²) in [5.74, 6) is -0.982. The van der Waals surface area contributed by atoms with Gasteiger partial charge in [0.15, 0.2) is 0 Å². The van der Waals surface area contributed by atoms with Gasteiger partial charge in [-0.15, -0.1) is 0 Å². The lowest BCUT2D eigenvalue weighted by atomic mass is 10.1. The van der Waals surface area contributed by atoms with Gasteiger partial charge in [0, 0.05) is 24.0 Å². The molecule has 2 aromatic rings. The maximum absolute atomic E-state index is 12.2. The average Bonchev–Trinajstić information content (AvgIpc) is 2.45. The summed E-state index contributed by atoms with van der Waals surface area (Å²) in [6.45, 7) is 2.36. The molecule has 5 nitrogen and oxygen atoms in total. The molecule has 1 heterocycles. The Balaban J connectivity index is 2.02. The van der Waals surface area contributed by atoms with E-state index in [1.807, 2.05) is 31.2 Å². The van der Waals surface area contributed by atoms with Gasteiger partial charge < -0.3 is 10.4 Å². The van der Waals surface area contributed by atoms with Gasteiger partial charge in [0.05, 0.1) is 11.1 Å². The van der Waals surface area contributed by atoms with Crippen molar-refractivity contribution < 1.29 is 14.7 Å². The number of unbranched alkanes of at least 4 members (excludes halogenated alkanes) is 1. The molecule has 0 aliphatic rings. The molecule has 0 atom stereocenters. The number of rotatable bonds is 6. The third-order valence-electron chi connectivity index (χ3n) is 3.21. The second kappa shape index (κ2) is 6.83. The van der Waals surface area contributed by atoms with Crippen LogP contribution >= 0.6 is 0 Å². The number of carboxylic acids is 1. The third-order valence-corrected chi connectivity index (χ3v) is 3.21. The maximum Gasteiger partial charge on any atom is 0.303 e. The van der Waals surface area contributed by atoms with Crippen LogP contribution in [0.3, 0.4) is 0 Å². The average molecular weight is 286 g/mol. The van der Waals surface area contributed by atoms with Crippen molar-refractivity contribution in [2.24, 2.45) is 0 Å². The number of amides is 1. The van der Waals surface area contributed by atoms with Gasteiger partial charge in [0.25, 0.3) is 5.91 Å². The Morgan fingerprint density at radius 1 is 1.19 bits per heavy atom. The van der Waals surface area contributed by atoms with E-state index in [0.29, 0.717) is 30.5 Å². The summed E-state index contributed by atoms with van der Waals surface area (Å²) < 4.78 is 0. The normalized spacial score (nSPS) is 10.5. The molecule has 0 saturated carbocycles. The van der Waals surface area contributed by atoms with E-state index in [9.17, 15) is 9.59 Å². The van der Waals surface area contributed by atoms with E-state index < -0.39 is 5.97 Å². The van der Waals surface area contributed by atoms with E-state index in [1.165, 1.54) is 0 Å². The van der Waals surface area contributed by atoms with Gasteiger partial charge in [0.2, 0.25) is 0 Å². The summed E-state index contributed by atoms with van der Waals surface area (Å²) >= 11 is 0. The van der Waals surface area contributed by atoms with Gasteiger partial charge in [-0.1, -0.05) is 18.2 Å². The van der Waals surface area contributed by atoms with E-state index in [0.717, 1.165) is 11.1 Å². The van der Waals surface area contributed by atoms with Crippen LogP contribution in [0.15, 0.2) is 30.3 Å². The molecule has 0 saturated heterocycles. The number of hydrogen-bond donors (Lipinski definition) is 2. The fourth-order valence-corrected chi connectivity index (χ4v) is 2.13. The Bertz CT molecular complexity index is 668. The van der Waals surface area contributed by atoms with E-state index >= 15 is 0 Å². The molecule has 0 bridgehead atoms. The van der Waals surface area contributed by atoms with Crippen LogP contribution in [-0.2, 0) is 4.79 Å². The highest BCUT2D eigenvalue weighted by atomic mass is 16.4. The molecular weight excluding hydrogens is 268 g/mol. The second-order valence-corrected chi connectivity index (χ2v) is 4.94. The fourth-order valence-electron chi connectivity index (χ4n) is 2.13. The Kier molecular flexibility index (Phi) is 4.87. The highest BCUT2D eigenvalue weighted by molar-refractivity contribution is 6.05. The lowest BCUT2D eigenvalue weighted by molar-refractivity contribution is -0.137. The quantitative estimate of drug-likeness (QED) is 0.800. The summed E-state index contributed by atoms with van der Waals surface area (Å²) in [4.78, 5) is 27.0. The molecule has 0 spiro atoms. The Hall–Kier alpha value is -2.43. The van der Waals surface area contributed by atoms with Crippen molar-refractivity contribution >= 4 is 22.8 Å². The molecule has 21 heavy (non-hydrogen) atoms. The lowest BCUT2D eigenvalue weighted by Gasteiger charge is -2.08. The highest BCUT2D eigenvalue weighted by Crippen LogP contribution is 2.17. The van der Waals surface area contributed by atoms with Gasteiger partial charge in [-0.25, -0.2) is 0 Å². The van der Waals surface area contributed by atoms with Crippen LogP contribution in [0.4, 0.5) is 0 Å². The number of carbonyl (C=O) groups excluding carboxylic acids is 1. The number of carbonyl (C=O) groups is 2. The number of aliphatic carboxylic acids is 1. The van der Waals surface area contributed by atoms with Crippen molar-refractivity contribution in [3.8, 4) is 0 Å². The van der Waals surface area contributed by atoms with Gasteiger partial charge in [0.1, 0.15) is 0 Å². The minimum absolute atomic E-state index is 0.130. The summed E-state index contributed by atoms with van der Waals surface area (Å²) in [6.07, 6.45) is 1.34. The first kappa shape index (κ1) is 15.0. The molecule has 1 aromatic carbocycles. The molecule has 2 N–H and O–H groups in total. The first-order valence-electron chi connectivity index (χ1n) is 6.94. The minimum atomic E-state index is -0.810. The fraction of sp³-hybridized carbons (Fsp3) is 0.312. The largest absolute Gasteiger partial charge is 0.481 e. The van der Waals surface area contributed by atoms with Crippen molar-refractivity contribution in [1.82, 2.24) is 10.3 Å². The molecular formula is C16H18N2O3. The van der Waals surface area contributed by atoms with Crippen LogP contribution in [0.25, 0.3) is 10.9 Å². The molecule has 0 fully saturated rings. The molecule has 0 unspecified atom stereocenters. The number of carboxylic acid groups (broad SMARTS) is 1. The zero-order valence-corrected chi connectivity index (χ0v) is 11.9. The van der Waals surface area contributed by atoms with Gasteiger partial charge >= 0.3 is 5.97 Å². The molecule has 110 valence electrons. The molecule has 1 aromatic heterocycles. The third kappa shape index (κ3) is 4.02. The van der Waals surface area contributed by atoms with Crippen LogP contribution in [-0.4, -0.2) is 28.5 Å². The smallest absolute Gasteiger partial charge is 0.303 e. The topological polar surface area (TPSA) is 79.3 Å².